The molecule has 0 saturated heterocycles. The minimum atomic E-state index is 0.0509. The number of aryl methyl sites for hydroxylation is 2. The van der Waals surface area contributed by atoms with E-state index < -0.39 is 0 Å². The lowest BCUT2D eigenvalue weighted by Gasteiger charge is -2.21. The van der Waals surface area contributed by atoms with Gasteiger partial charge < -0.3 is 10.2 Å². The number of rotatable bonds is 7. The smallest absolute Gasteiger partial charge is 0.255 e. The van der Waals surface area contributed by atoms with Crippen LogP contribution in [0.25, 0.3) is 0 Å². The van der Waals surface area contributed by atoms with E-state index in [0.29, 0.717) is 5.56 Å². The molecule has 24 heavy (non-hydrogen) atoms. The number of nitrogens with zero attached hydrogens (tertiary/aromatic N) is 2. The van der Waals surface area contributed by atoms with Gasteiger partial charge in [0, 0.05) is 25.0 Å². The second kappa shape index (κ2) is 8.48. The summed E-state index contributed by atoms with van der Waals surface area (Å²) in [5.74, 6) is 0.0509. The van der Waals surface area contributed by atoms with Gasteiger partial charge in [-0.25, -0.2) is 0 Å². The Morgan fingerprint density at radius 1 is 1.00 bits per heavy atom. The van der Waals surface area contributed by atoms with Gasteiger partial charge in [-0.05, 0) is 56.0 Å². The van der Waals surface area contributed by atoms with Crippen molar-refractivity contribution in [1.29, 1.82) is 0 Å². The molecule has 128 valence electrons. The SMILES string of the molecule is CCCN(CCC)C(=O)c1cncc(Nc2ccc(C)c(C)c2)c1. The number of carbonyl (C=O) groups excluding carboxylic acids is 1. The van der Waals surface area contributed by atoms with Gasteiger partial charge in [-0.1, -0.05) is 19.9 Å². The molecule has 4 heteroatoms. The Balaban J connectivity index is 2.18. The molecule has 0 aliphatic rings. The molecule has 0 unspecified atom stereocenters. The minimum Gasteiger partial charge on any atom is -0.354 e. The van der Waals surface area contributed by atoms with Gasteiger partial charge in [-0.3, -0.25) is 9.78 Å². The Labute approximate surface area is 144 Å². The highest BCUT2D eigenvalue weighted by Gasteiger charge is 2.15. The zero-order valence-electron chi connectivity index (χ0n) is 15.1. The van der Waals surface area contributed by atoms with E-state index in [4.69, 9.17) is 0 Å². The zero-order chi connectivity index (χ0) is 17.5. The first-order valence-corrected chi connectivity index (χ1v) is 8.63. The second-order valence-electron chi connectivity index (χ2n) is 6.18. The first-order chi connectivity index (χ1) is 11.5. The summed E-state index contributed by atoms with van der Waals surface area (Å²) in [6.07, 6.45) is 5.31. The van der Waals surface area contributed by atoms with Crippen LogP contribution in [0.4, 0.5) is 11.4 Å². The van der Waals surface area contributed by atoms with Crippen molar-refractivity contribution >= 4 is 17.3 Å². The van der Waals surface area contributed by atoms with E-state index in [-0.39, 0.29) is 5.91 Å². The molecule has 0 aliphatic carbocycles. The molecular formula is C20H27N3O. The standard InChI is InChI=1S/C20H27N3O/c1-5-9-23(10-6-2)20(24)17-12-19(14-21-13-17)22-18-8-7-15(3)16(4)11-18/h7-8,11-14,22H,5-6,9-10H2,1-4H3. The largest absolute Gasteiger partial charge is 0.354 e. The molecule has 1 amide bonds. The van der Waals surface area contributed by atoms with E-state index in [1.807, 2.05) is 17.0 Å². The van der Waals surface area contributed by atoms with Crippen LogP contribution in [0.5, 0.6) is 0 Å². The van der Waals surface area contributed by atoms with Gasteiger partial charge in [-0.2, -0.15) is 0 Å². The highest BCUT2D eigenvalue weighted by Crippen LogP contribution is 2.20. The summed E-state index contributed by atoms with van der Waals surface area (Å²) in [6.45, 7) is 9.92. The molecule has 2 aromatic rings. The first-order valence-electron chi connectivity index (χ1n) is 8.63. The molecular weight excluding hydrogens is 298 g/mol. The maximum absolute atomic E-state index is 12.7. The Kier molecular flexibility index (Phi) is 6.36. The molecule has 1 aromatic carbocycles. The molecule has 4 nitrogen and oxygen atoms in total. The van der Waals surface area contributed by atoms with Crippen molar-refractivity contribution < 1.29 is 4.79 Å². The van der Waals surface area contributed by atoms with Crippen LogP contribution in [-0.2, 0) is 0 Å². The summed E-state index contributed by atoms with van der Waals surface area (Å²) in [5, 5.41) is 3.34. The lowest BCUT2D eigenvalue weighted by Crippen LogP contribution is -2.32. The summed E-state index contributed by atoms with van der Waals surface area (Å²) >= 11 is 0. The predicted molar refractivity (Wildman–Crippen MR) is 99.9 cm³/mol. The number of carbonyl (C=O) groups is 1. The molecule has 0 atom stereocenters. The van der Waals surface area contributed by atoms with E-state index in [1.54, 1.807) is 12.4 Å². The van der Waals surface area contributed by atoms with Gasteiger partial charge in [0.25, 0.3) is 5.91 Å². The summed E-state index contributed by atoms with van der Waals surface area (Å²) in [6, 6.07) is 8.11. The summed E-state index contributed by atoms with van der Waals surface area (Å²) < 4.78 is 0. The minimum absolute atomic E-state index is 0.0509. The number of aromatic nitrogens is 1. The molecule has 0 radical (unpaired) electrons. The van der Waals surface area contributed by atoms with Crippen LogP contribution in [0.15, 0.2) is 36.7 Å². The Hall–Kier alpha value is -2.36. The molecule has 0 saturated carbocycles. The average Bonchev–Trinajstić information content (AvgIpc) is 2.58. The number of hydrogen-bond donors (Lipinski definition) is 1. The summed E-state index contributed by atoms with van der Waals surface area (Å²) in [7, 11) is 0. The lowest BCUT2D eigenvalue weighted by atomic mass is 10.1. The molecule has 0 fully saturated rings. The third-order valence-corrected chi connectivity index (χ3v) is 4.06. The molecule has 0 aliphatic heterocycles. The summed E-state index contributed by atoms with van der Waals surface area (Å²) in [4.78, 5) is 18.8. The molecule has 0 bridgehead atoms. The molecule has 1 aromatic heterocycles. The predicted octanol–water partition coefficient (Wildman–Crippen LogP) is 4.70. The van der Waals surface area contributed by atoms with E-state index >= 15 is 0 Å². The van der Waals surface area contributed by atoms with Crippen molar-refractivity contribution in [3.63, 3.8) is 0 Å². The van der Waals surface area contributed by atoms with Crippen molar-refractivity contribution in [1.82, 2.24) is 9.88 Å². The van der Waals surface area contributed by atoms with E-state index in [1.165, 1.54) is 11.1 Å². The normalized spacial score (nSPS) is 10.5. The maximum atomic E-state index is 12.7. The van der Waals surface area contributed by atoms with Crippen molar-refractivity contribution in [2.45, 2.75) is 40.5 Å². The van der Waals surface area contributed by atoms with Crippen LogP contribution in [-0.4, -0.2) is 28.9 Å². The third kappa shape index (κ3) is 4.57. The number of amides is 1. The zero-order valence-corrected chi connectivity index (χ0v) is 15.1. The van der Waals surface area contributed by atoms with E-state index in [0.717, 1.165) is 37.3 Å². The van der Waals surface area contributed by atoms with Gasteiger partial charge >= 0.3 is 0 Å². The van der Waals surface area contributed by atoms with Gasteiger partial charge in [0.1, 0.15) is 0 Å². The average molecular weight is 325 g/mol. The highest BCUT2D eigenvalue weighted by molar-refractivity contribution is 5.95. The topological polar surface area (TPSA) is 45.2 Å². The van der Waals surface area contributed by atoms with Crippen LogP contribution in [0.1, 0.15) is 48.2 Å². The van der Waals surface area contributed by atoms with Crippen molar-refractivity contribution in [2.75, 3.05) is 18.4 Å². The maximum Gasteiger partial charge on any atom is 0.255 e. The number of hydrogen-bond acceptors (Lipinski definition) is 3. The number of pyridine rings is 1. The van der Waals surface area contributed by atoms with E-state index in [2.05, 4.69) is 50.1 Å². The van der Waals surface area contributed by atoms with Crippen LogP contribution in [0, 0.1) is 13.8 Å². The molecule has 1 N–H and O–H groups in total. The van der Waals surface area contributed by atoms with E-state index in [9.17, 15) is 4.79 Å². The van der Waals surface area contributed by atoms with Crippen LogP contribution < -0.4 is 5.32 Å². The second-order valence-corrected chi connectivity index (χ2v) is 6.18. The quantitative estimate of drug-likeness (QED) is 0.802. The van der Waals surface area contributed by atoms with Crippen molar-refractivity contribution in [3.8, 4) is 0 Å². The third-order valence-electron chi connectivity index (χ3n) is 4.06. The Morgan fingerprint density at radius 2 is 1.71 bits per heavy atom. The molecule has 0 spiro atoms. The fraction of sp³-hybridized carbons (Fsp3) is 0.400. The summed E-state index contributed by atoms with van der Waals surface area (Å²) in [5.41, 5.74) is 4.96. The van der Waals surface area contributed by atoms with Crippen molar-refractivity contribution in [2.24, 2.45) is 0 Å². The van der Waals surface area contributed by atoms with Crippen molar-refractivity contribution in [3.05, 3.63) is 53.3 Å². The number of anilines is 2. The molecule has 1 heterocycles. The Morgan fingerprint density at radius 3 is 2.33 bits per heavy atom. The van der Waals surface area contributed by atoms with Gasteiger partial charge in [0.2, 0.25) is 0 Å². The van der Waals surface area contributed by atoms with Crippen LogP contribution in [0.2, 0.25) is 0 Å². The lowest BCUT2D eigenvalue weighted by molar-refractivity contribution is 0.0755. The number of nitrogens with one attached hydrogen (secondary N) is 1. The van der Waals surface area contributed by atoms with Gasteiger partial charge in [-0.15, -0.1) is 0 Å². The highest BCUT2D eigenvalue weighted by atomic mass is 16.2. The fourth-order valence-electron chi connectivity index (χ4n) is 2.65. The first kappa shape index (κ1) is 18.0. The number of benzene rings is 1. The Bertz CT molecular complexity index is 691. The monoisotopic (exact) mass is 325 g/mol. The van der Waals surface area contributed by atoms with Gasteiger partial charge in [0.15, 0.2) is 0 Å². The van der Waals surface area contributed by atoms with Gasteiger partial charge in [0.05, 0.1) is 17.4 Å². The van der Waals surface area contributed by atoms with Crippen LogP contribution >= 0.6 is 0 Å². The molecule has 2 rings (SSSR count). The fourth-order valence-corrected chi connectivity index (χ4v) is 2.65. The van der Waals surface area contributed by atoms with Crippen LogP contribution in [0.3, 0.4) is 0 Å².